The Morgan fingerprint density at radius 3 is 2.50 bits per heavy atom. The molecule has 3 fully saturated rings. The van der Waals surface area contributed by atoms with Crippen molar-refractivity contribution in [2.45, 2.75) is 57.2 Å². The fraction of sp³-hybridized carbons (Fsp3) is 0.609. The van der Waals surface area contributed by atoms with Crippen molar-refractivity contribution in [3.05, 3.63) is 36.0 Å². The van der Waals surface area contributed by atoms with Crippen LogP contribution >= 0.6 is 0 Å². The lowest BCUT2D eigenvalue weighted by Gasteiger charge is -2.41. The van der Waals surface area contributed by atoms with Crippen LogP contribution in [0.25, 0.3) is 10.9 Å². The zero-order valence-corrected chi connectivity index (χ0v) is 16.7. The molecule has 2 saturated heterocycles. The molecule has 5 heteroatoms. The van der Waals surface area contributed by atoms with Gasteiger partial charge in [-0.15, -0.1) is 0 Å². The van der Waals surface area contributed by atoms with Crippen molar-refractivity contribution in [2.75, 3.05) is 26.2 Å². The molecule has 3 aliphatic rings. The summed E-state index contributed by atoms with van der Waals surface area (Å²) in [7, 11) is 0. The molecular weight excluding hydrogens is 348 g/mol. The molecule has 1 saturated carbocycles. The molecule has 0 unspecified atom stereocenters. The van der Waals surface area contributed by atoms with Crippen molar-refractivity contribution in [2.24, 2.45) is 5.92 Å². The van der Waals surface area contributed by atoms with Crippen LogP contribution in [-0.2, 0) is 11.3 Å². The summed E-state index contributed by atoms with van der Waals surface area (Å²) in [5.41, 5.74) is 2.65. The Morgan fingerprint density at radius 1 is 1.00 bits per heavy atom. The molecule has 0 atom stereocenters. The second-order valence-electron chi connectivity index (χ2n) is 8.96. The van der Waals surface area contributed by atoms with Gasteiger partial charge in [0.05, 0.1) is 0 Å². The summed E-state index contributed by atoms with van der Waals surface area (Å²) in [4.78, 5) is 20.9. The zero-order chi connectivity index (χ0) is 18.9. The van der Waals surface area contributed by atoms with Gasteiger partial charge < -0.3 is 15.2 Å². The van der Waals surface area contributed by atoms with Crippen LogP contribution in [0.15, 0.2) is 30.5 Å². The summed E-state index contributed by atoms with van der Waals surface area (Å²) < 4.78 is 0. The van der Waals surface area contributed by atoms with Gasteiger partial charge in [-0.2, -0.15) is 0 Å². The third kappa shape index (κ3) is 3.96. The van der Waals surface area contributed by atoms with Crippen molar-refractivity contribution in [1.29, 1.82) is 0 Å². The largest absolute Gasteiger partial charge is 0.361 e. The van der Waals surface area contributed by atoms with Crippen LogP contribution in [0.4, 0.5) is 0 Å². The number of fused-ring (bicyclic) bond motifs is 1. The number of hydrogen-bond donors (Lipinski definition) is 2. The molecule has 1 aromatic carbocycles. The van der Waals surface area contributed by atoms with E-state index in [1.807, 2.05) is 0 Å². The lowest BCUT2D eigenvalue weighted by Crippen LogP contribution is -2.49. The van der Waals surface area contributed by atoms with Crippen molar-refractivity contribution >= 4 is 16.8 Å². The molecule has 3 heterocycles. The Hall–Kier alpha value is -1.85. The van der Waals surface area contributed by atoms with E-state index < -0.39 is 0 Å². The van der Waals surface area contributed by atoms with Crippen LogP contribution in [-0.4, -0.2) is 59.0 Å². The molecule has 2 aliphatic heterocycles. The van der Waals surface area contributed by atoms with Gasteiger partial charge in [0.25, 0.3) is 0 Å². The van der Waals surface area contributed by atoms with Gasteiger partial charge in [0.1, 0.15) is 0 Å². The lowest BCUT2D eigenvalue weighted by molar-refractivity contribution is -0.126. The van der Waals surface area contributed by atoms with E-state index in [4.69, 9.17) is 0 Å². The van der Waals surface area contributed by atoms with E-state index in [2.05, 4.69) is 50.6 Å². The minimum atomic E-state index is 0.249. The number of rotatable bonds is 5. The Labute approximate surface area is 167 Å². The molecule has 2 aromatic rings. The highest BCUT2D eigenvalue weighted by molar-refractivity contribution is 5.83. The Morgan fingerprint density at radius 2 is 1.75 bits per heavy atom. The zero-order valence-electron chi connectivity index (χ0n) is 16.7. The fourth-order valence-corrected chi connectivity index (χ4v) is 5.02. The number of para-hydroxylation sites is 1. The SMILES string of the molecule is O=C(NC1CC1)C1CCN(C2CCN(Cc3c[nH]c4ccccc34)CC2)CC1. The third-order valence-electron chi connectivity index (χ3n) is 6.97. The highest BCUT2D eigenvalue weighted by Crippen LogP contribution is 2.27. The van der Waals surface area contributed by atoms with Gasteiger partial charge in [-0.05, 0) is 76.3 Å². The highest BCUT2D eigenvalue weighted by Gasteiger charge is 2.32. The van der Waals surface area contributed by atoms with Gasteiger partial charge in [-0.25, -0.2) is 0 Å². The summed E-state index contributed by atoms with van der Waals surface area (Å²) in [5.74, 6) is 0.564. The van der Waals surface area contributed by atoms with E-state index in [-0.39, 0.29) is 5.92 Å². The van der Waals surface area contributed by atoms with Crippen LogP contribution in [0.3, 0.4) is 0 Å². The highest BCUT2D eigenvalue weighted by atomic mass is 16.2. The molecule has 5 rings (SSSR count). The van der Waals surface area contributed by atoms with Crippen LogP contribution in [0, 0.1) is 5.92 Å². The number of nitrogens with one attached hydrogen (secondary N) is 2. The predicted molar refractivity (Wildman–Crippen MR) is 112 cm³/mol. The minimum Gasteiger partial charge on any atom is -0.361 e. The smallest absolute Gasteiger partial charge is 0.223 e. The van der Waals surface area contributed by atoms with E-state index >= 15 is 0 Å². The molecule has 1 aliphatic carbocycles. The van der Waals surface area contributed by atoms with E-state index in [9.17, 15) is 4.79 Å². The molecular formula is C23H32N4O. The summed E-state index contributed by atoms with van der Waals surface area (Å²) in [5, 5.41) is 4.55. The Kier molecular flexibility index (Phi) is 5.12. The van der Waals surface area contributed by atoms with Gasteiger partial charge in [0, 0.05) is 41.6 Å². The molecule has 28 heavy (non-hydrogen) atoms. The number of aromatic amines is 1. The lowest BCUT2D eigenvalue weighted by atomic mass is 9.92. The maximum absolute atomic E-state index is 12.3. The van der Waals surface area contributed by atoms with Crippen molar-refractivity contribution in [3.63, 3.8) is 0 Å². The molecule has 0 radical (unpaired) electrons. The number of piperidine rings is 2. The van der Waals surface area contributed by atoms with Crippen molar-refractivity contribution < 1.29 is 4.79 Å². The van der Waals surface area contributed by atoms with E-state index in [1.54, 1.807) is 0 Å². The van der Waals surface area contributed by atoms with E-state index in [0.717, 1.165) is 32.5 Å². The van der Waals surface area contributed by atoms with E-state index in [1.165, 1.54) is 55.2 Å². The fourth-order valence-electron chi connectivity index (χ4n) is 5.02. The first kappa shape index (κ1) is 18.2. The van der Waals surface area contributed by atoms with Crippen LogP contribution in [0.2, 0.25) is 0 Å². The number of benzene rings is 1. The molecule has 5 nitrogen and oxygen atoms in total. The van der Waals surface area contributed by atoms with Crippen molar-refractivity contribution in [1.82, 2.24) is 20.1 Å². The second-order valence-corrected chi connectivity index (χ2v) is 8.96. The average Bonchev–Trinajstić information content (AvgIpc) is 3.47. The van der Waals surface area contributed by atoms with Crippen LogP contribution < -0.4 is 5.32 Å². The first-order valence-corrected chi connectivity index (χ1v) is 11.1. The number of nitrogens with zero attached hydrogens (tertiary/aromatic N) is 2. The second kappa shape index (κ2) is 7.88. The quantitative estimate of drug-likeness (QED) is 0.838. The standard InChI is InChI=1S/C23H32N4O/c28-23(25-19-5-6-19)17-7-13-27(14-8-17)20-9-11-26(12-10-20)16-18-15-24-22-4-2-1-3-21(18)22/h1-4,15,17,19-20,24H,5-14,16H2,(H,25,28). The maximum Gasteiger partial charge on any atom is 0.223 e. The summed E-state index contributed by atoms with van der Waals surface area (Å²) >= 11 is 0. The van der Waals surface area contributed by atoms with E-state index in [0.29, 0.717) is 18.0 Å². The topological polar surface area (TPSA) is 51.4 Å². The number of aromatic nitrogens is 1. The molecule has 150 valence electrons. The van der Waals surface area contributed by atoms with Crippen LogP contribution in [0.1, 0.15) is 44.1 Å². The molecule has 0 bridgehead atoms. The number of likely N-dealkylation sites (tertiary alicyclic amines) is 2. The van der Waals surface area contributed by atoms with Gasteiger partial charge in [-0.1, -0.05) is 18.2 Å². The molecule has 2 N–H and O–H groups in total. The summed E-state index contributed by atoms with van der Waals surface area (Å²) in [6.07, 6.45) is 9.11. The first-order chi connectivity index (χ1) is 13.8. The number of hydrogen-bond acceptors (Lipinski definition) is 3. The first-order valence-electron chi connectivity index (χ1n) is 11.1. The van der Waals surface area contributed by atoms with Gasteiger partial charge >= 0.3 is 0 Å². The number of H-pyrrole nitrogens is 1. The minimum absolute atomic E-state index is 0.249. The summed E-state index contributed by atoms with van der Waals surface area (Å²) in [6.45, 7) is 5.57. The monoisotopic (exact) mass is 380 g/mol. The normalized spacial score (nSPS) is 23.3. The van der Waals surface area contributed by atoms with Gasteiger partial charge in [0.15, 0.2) is 0 Å². The third-order valence-corrected chi connectivity index (χ3v) is 6.97. The van der Waals surface area contributed by atoms with Gasteiger partial charge in [0.2, 0.25) is 5.91 Å². The van der Waals surface area contributed by atoms with Gasteiger partial charge in [-0.3, -0.25) is 9.69 Å². The maximum atomic E-state index is 12.3. The molecule has 0 spiro atoms. The summed E-state index contributed by atoms with van der Waals surface area (Å²) in [6, 6.07) is 9.78. The van der Waals surface area contributed by atoms with Crippen molar-refractivity contribution in [3.8, 4) is 0 Å². The van der Waals surface area contributed by atoms with Crippen LogP contribution in [0.5, 0.6) is 0 Å². The Bertz CT molecular complexity index is 811. The molecule has 1 amide bonds. The predicted octanol–water partition coefficient (Wildman–Crippen LogP) is 3.12. The Balaban J connectivity index is 1.09. The number of carbonyl (C=O) groups is 1. The average molecular weight is 381 g/mol. The molecule has 1 aromatic heterocycles. The number of carbonyl (C=O) groups excluding carboxylic acids is 1. The number of amides is 1.